The summed E-state index contributed by atoms with van der Waals surface area (Å²) in [5.41, 5.74) is 6.31. The van der Waals surface area contributed by atoms with Crippen molar-refractivity contribution in [1.82, 2.24) is 4.90 Å². The molecule has 166 valence electrons. The number of aromatic hydroxyl groups is 2. The fraction of sp³-hybridized carbons (Fsp3) is 0.300. The van der Waals surface area contributed by atoms with Crippen molar-refractivity contribution in [2.45, 2.75) is 18.6 Å². The summed E-state index contributed by atoms with van der Waals surface area (Å²) in [6.45, 7) is 0.380. The van der Waals surface area contributed by atoms with Crippen molar-refractivity contribution < 1.29 is 38.4 Å². The van der Waals surface area contributed by atoms with Crippen molar-refractivity contribution >= 4 is 23.0 Å². The maximum atomic E-state index is 12.5. The lowest BCUT2D eigenvalue weighted by Gasteiger charge is -2.40. The predicted octanol–water partition coefficient (Wildman–Crippen LogP) is 0.850. The van der Waals surface area contributed by atoms with Crippen LogP contribution in [0.15, 0.2) is 36.4 Å². The molecule has 0 bridgehead atoms. The van der Waals surface area contributed by atoms with Crippen LogP contribution in [0.25, 0.3) is 0 Å². The van der Waals surface area contributed by atoms with E-state index >= 15 is 0 Å². The van der Waals surface area contributed by atoms with E-state index in [-0.39, 0.29) is 48.2 Å². The summed E-state index contributed by atoms with van der Waals surface area (Å²) in [5.74, 6) is -2.39. The summed E-state index contributed by atoms with van der Waals surface area (Å²) >= 11 is -2.08. The van der Waals surface area contributed by atoms with Crippen LogP contribution < -0.4 is 10.5 Å². The summed E-state index contributed by atoms with van der Waals surface area (Å²) < 4.78 is 25.4. The molecule has 1 fully saturated rings. The third kappa shape index (κ3) is 5.13. The fourth-order valence-electron chi connectivity index (χ4n) is 3.21. The first-order valence-electron chi connectivity index (χ1n) is 9.33. The van der Waals surface area contributed by atoms with Gasteiger partial charge in [-0.15, -0.1) is 0 Å². The average molecular weight is 450 g/mol. The van der Waals surface area contributed by atoms with Crippen molar-refractivity contribution in [3.05, 3.63) is 53.1 Å². The van der Waals surface area contributed by atoms with Gasteiger partial charge in [0.15, 0.2) is 11.1 Å². The number of aryl methyl sites for hydroxylation is 1. The Balaban J connectivity index is 1.64. The smallest absolute Gasteiger partial charge is 0.343 e. The van der Waals surface area contributed by atoms with Gasteiger partial charge in [0.05, 0.1) is 18.8 Å². The molecule has 3 rings (SSSR count). The maximum absolute atomic E-state index is 12.5. The topological polar surface area (TPSA) is 171 Å². The highest BCUT2D eigenvalue weighted by Gasteiger charge is 2.36. The van der Waals surface area contributed by atoms with E-state index < -0.39 is 40.5 Å². The standard InChI is InChI=1S/C20H22N2O8S/c21-17(11-1-4-13(23)5-2-11)19(25)22-9-14(10-22)30-15-6-3-12(7-8-31(28)29)18(24)16(15)20(26)27/h1-6,14,17,23-24H,7-10,21H2,(H,26,27)(H,28,29)/t17-/m1/s1. The molecule has 1 heterocycles. The largest absolute Gasteiger partial charge is 0.508 e. The van der Waals surface area contributed by atoms with Crippen LogP contribution in [0, 0.1) is 0 Å². The van der Waals surface area contributed by atoms with E-state index in [0.29, 0.717) is 5.56 Å². The molecule has 31 heavy (non-hydrogen) atoms. The van der Waals surface area contributed by atoms with E-state index in [0.717, 1.165) is 0 Å². The van der Waals surface area contributed by atoms with Crippen molar-refractivity contribution in [1.29, 1.82) is 0 Å². The fourth-order valence-corrected chi connectivity index (χ4v) is 3.61. The quantitative estimate of drug-likeness (QED) is 0.366. The monoisotopic (exact) mass is 450 g/mol. The van der Waals surface area contributed by atoms with Crippen LogP contribution in [0.3, 0.4) is 0 Å². The van der Waals surface area contributed by atoms with Crippen LogP contribution in [0.4, 0.5) is 0 Å². The first-order valence-corrected chi connectivity index (χ1v) is 10.6. The number of amides is 1. The molecule has 0 aromatic heterocycles. The van der Waals surface area contributed by atoms with E-state index in [1.165, 1.54) is 29.2 Å². The SMILES string of the molecule is N[C@@H](C(=O)N1CC(Oc2ccc(CCS(=O)O)c(O)c2C(=O)O)C1)c1ccc(O)cc1. The molecule has 1 aliphatic rings. The third-order valence-electron chi connectivity index (χ3n) is 4.95. The molecule has 6 N–H and O–H groups in total. The maximum Gasteiger partial charge on any atom is 0.343 e. The molecular formula is C20H22N2O8S. The van der Waals surface area contributed by atoms with E-state index in [4.69, 9.17) is 15.0 Å². The highest BCUT2D eigenvalue weighted by Crippen LogP contribution is 2.33. The number of nitrogens with zero attached hydrogens (tertiary/aromatic N) is 1. The number of hydrogen-bond acceptors (Lipinski definition) is 7. The lowest BCUT2D eigenvalue weighted by molar-refractivity contribution is -0.141. The zero-order valence-electron chi connectivity index (χ0n) is 16.3. The second kappa shape index (κ2) is 9.33. The molecule has 2 aromatic carbocycles. The van der Waals surface area contributed by atoms with Gasteiger partial charge in [0, 0.05) is 0 Å². The van der Waals surface area contributed by atoms with Crippen LogP contribution >= 0.6 is 0 Å². The number of carbonyl (C=O) groups is 2. The summed E-state index contributed by atoms with van der Waals surface area (Å²) in [6, 6.07) is 7.90. The molecule has 1 unspecified atom stereocenters. The van der Waals surface area contributed by atoms with Gasteiger partial charge in [0.1, 0.15) is 35.0 Å². The van der Waals surface area contributed by atoms with E-state index in [2.05, 4.69) is 0 Å². The zero-order chi connectivity index (χ0) is 22.7. The highest BCUT2D eigenvalue weighted by atomic mass is 32.2. The molecule has 0 spiro atoms. The second-order valence-corrected chi connectivity index (χ2v) is 8.13. The van der Waals surface area contributed by atoms with Gasteiger partial charge in [0.25, 0.3) is 0 Å². The lowest BCUT2D eigenvalue weighted by atomic mass is 10.0. The van der Waals surface area contributed by atoms with E-state index in [1.54, 1.807) is 12.1 Å². The number of carboxylic acid groups (broad SMARTS) is 1. The molecule has 0 saturated carbocycles. The Morgan fingerprint density at radius 2 is 1.81 bits per heavy atom. The number of benzene rings is 2. The highest BCUT2D eigenvalue weighted by molar-refractivity contribution is 7.79. The Labute approximate surface area is 180 Å². The lowest BCUT2D eigenvalue weighted by Crippen LogP contribution is -2.58. The van der Waals surface area contributed by atoms with E-state index in [9.17, 15) is 29.1 Å². The Morgan fingerprint density at radius 3 is 2.39 bits per heavy atom. The number of aromatic carboxylic acids is 1. The van der Waals surface area contributed by atoms with Crippen LogP contribution in [0.1, 0.15) is 27.5 Å². The normalized spacial score (nSPS) is 15.7. The van der Waals surface area contributed by atoms with Gasteiger partial charge in [-0.25, -0.2) is 9.00 Å². The number of rotatable bonds is 8. The molecule has 0 radical (unpaired) electrons. The first-order chi connectivity index (χ1) is 14.7. The minimum absolute atomic E-state index is 0.0242. The van der Waals surface area contributed by atoms with Crippen molar-refractivity contribution in [2.75, 3.05) is 18.8 Å². The molecule has 1 saturated heterocycles. The second-order valence-electron chi connectivity index (χ2n) is 7.08. The number of carbonyl (C=O) groups excluding carboxylic acids is 1. The first kappa shape index (κ1) is 22.5. The summed E-state index contributed by atoms with van der Waals surface area (Å²) in [5, 5.41) is 29.1. The number of carboxylic acids is 1. The molecule has 2 atom stereocenters. The minimum atomic E-state index is -2.08. The number of phenols is 2. The van der Waals surface area contributed by atoms with Crippen molar-refractivity contribution in [3.8, 4) is 17.2 Å². The molecule has 2 aromatic rings. The molecular weight excluding hydrogens is 428 g/mol. The van der Waals surface area contributed by atoms with Crippen LogP contribution in [0.5, 0.6) is 17.2 Å². The summed E-state index contributed by atoms with van der Waals surface area (Å²) in [4.78, 5) is 25.6. The van der Waals surface area contributed by atoms with Crippen molar-refractivity contribution in [2.24, 2.45) is 5.73 Å². The van der Waals surface area contributed by atoms with Gasteiger partial charge in [-0.2, -0.15) is 0 Å². The Kier molecular flexibility index (Phi) is 6.78. The van der Waals surface area contributed by atoms with Gasteiger partial charge in [-0.1, -0.05) is 18.2 Å². The Bertz CT molecular complexity index is 1000. The average Bonchev–Trinajstić information content (AvgIpc) is 2.68. The van der Waals surface area contributed by atoms with Gasteiger partial charge >= 0.3 is 5.97 Å². The van der Waals surface area contributed by atoms with Gasteiger partial charge in [-0.05, 0) is 35.7 Å². The molecule has 0 aliphatic carbocycles. The number of nitrogens with two attached hydrogens (primary N) is 1. The van der Waals surface area contributed by atoms with Crippen LogP contribution in [-0.4, -0.2) is 65.8 Å². The number of hydrogen-bond donors (Lipinski definition) is 5. The molecule has 1 aliphatic heterocycles. The minimum Gasteiger partial charge on any atom is -0.508 e. The van der Waals surface area contributed by atoms with E-state index in [1.807, 2.05) is 0 Å². The number of phenolic OH excluding ortho intramolecular Hbond substituents is 1. The number of ether oxygens (including phenoxy) is 1. The zero-order valence-corrected chi connectivity index (χ0v) is 17.1. The van der Waals surface area contributed by atoms with Crippen LogP contribution in [0.2, 0.25) is 0 Å². The molecule has 10 nitrogen and oxygen atoms in total. The van der Waals surface area contributed by atoms with Gasteiger partial charge in [-0.3, -0.25) is 4.79 Å². The third-order valence-corrected chi connectivity index (χ3v) is 5.51. The summed E-state index contributed by atoms with van der Waals surface area (Å²) in [7, 11) is 0. The Morgan fingerprint density at radius 1 is 1.16 bits per heavy atom. The Hall–Kier alpha value is -3.15. The van der Waals surface area contributed by atoms with Gasteiger partial charge in [0.2, 0.25) is 5.91 Å². The predicted molar refractivity (Wildman–Crippen MR) is 110 cm³/mol. The van der Waals surface area contributed by atoms with Crippen molar-refractivity contribution in [3.63, 3.8) is 0 Å². The summed E-state index contributed by atoms with van der Waals surface area (Å²) in [6.07, 6.45) is -0.458. The molecule has 11 heteroatoms. The molecule has 1 amide bonds. The van der Waals surface area contributed by atoms with Crippen LogP contribution in [-0.2, 0) is 22.3 Å². The number of likely N-dealkylation sites (tertiary alicyclic amines) is 1. The van der Waals surface area contributed by atoms with Gasteiger partial charge < -0.3 is 35.2 Å².